The zero-order valence-corrected chi connectivity index (χ0v) is 21.6. The van der Waals surface area contributed by atoms with Crippen LogP contribution in [-0.2, 0) is 4.79 Å². The molecule has 1 aliphatic carbocycles. The highest BCUT2D eigenvalue weighted by atomic mass is 79.9. The van der Waals surface area contributed by atoms with Crippen LogP contribution in [0.1, 0.15) is 46.4 Å². The highest BCUT2D eigenvalue weighted by Gasteiger charge is 2.39. The topological polar surface area (TPSA) is 156 Å². The average Bonchev–Trinajstić information content (AvgIpc) is 2.80. The number of amides is 1. The third-order valence-corrected chi connectivity index (χ3v) is 6.92. The lowest BCUT2D eigenvalue weighted by Crippen LogP contribution is -2.50. The third kappa shape index (κ3) is 6.81. The normalized spacial score (nSPS) is 17.5. The molecule has 0 radical (unpaired) electrons. The molecule has 0 spiro atoms. The molecule has 2 aromatic rings. The quantitative estimate of drug-likeness (QED) is 0.214. The maximum Gasteiger partial charge on any atom is 0.488 e. The number of halogens is 2. The van der Waals surface area contributed by atoms with Crippen LogP contribution < -0.4 is 10.9 Å². The summed E-state index contributed by atoms with van der Waals surface area (Å²) < 4.78 is 0.878. The van der Waals surface area contributed by atoms with Crippen LogP contribution in [0, 0.1) is 5.92 Å². The van der Waals surface area contributed by atoms with Gasteiger partial charge in [-0.1, -0.05) is 50.8 Å². The first-order valence-corrected chi connectivity index (χ1v) is 12.5. The fraction of sp³-hybridized carbons (Fsp3) is 0.318. The van der Waals surface area contributed by atoms with Crippen LogP contribution in [0.5, 0.6) is 0 Å². The Balaban J connectivity index is 2.01. The molecule has 2 unspecified atom stereocenters. The summed E-state index contributed by atoms with van der Waals surface area (Å²) in [6.07, 6.45) is 2.23. The summed E-state index contributed by atoms with van der Waals surface area (Å²) in [5.74, 6) is -2.94. The van der Waals surface area contributed by atoms with Crippen LogP contribution in [0.3, 0.4) is 0 Å². The number of rotatable bonds is 8. The summed E-state index contributed by atoms with van der Waals surface area (Å²) in [6.45, 7) is -0.643. The smallest absolute Gasteiger partial charge is 0.480 e. The molecule has 5 N–H and O–H groups in total. The Morgan fingerprint density at radius 2 is 1.34 bits per heavy atom. The van der Waals surface area contributed by atoms with Gasteiger partial charge in [0, 0.05) is 32.0 Å². The number of carbonyl (C=O) groups is 3. The summed E-state index contributed by atoms with van der Waals surface area (Å²) in [7, 11) is -3.61. The molecular weight excluding hydrogens is 588 g/mol. The highest BCUT2D eigenvalue weighted by molar-refractivity contribution is 9.10. The number of Topliss-reactive ketones (excluding diaryl/α,β-unsaturated/α-hetero) is 1. The lowest BCUT2D eigenvalue weighted by atomic mass is 9.75. The number of carbonyl (C=O) groups excluding carboxylic acids is 2. The molecule has 1 saturated carbocycles. The van der Waals surface area contributed by atoms with Crippen molar-refractivity contribution in [2.45, 2.75) is 31.7 Å². The first-order valence-electron chi connectivity index (χ1n) is 10.9. The molecular formula is C22H23B2Br2NO8. The van der Waals surface area contributed by atoms with E-state index in [0.717, 1.165) is 4.90 Å². The lowest BCUT2D eigenvalue weighted by Gasteiger charge is -2.39. The van der Waals surface area contributed by atoms with E-state index < -0.39 is 44.6 Å². The van der Waals surface area contributed by atoms with Gasteiger partial charge in [0.25, 0.3) is 5.91 Å². The number of hydrogen-bond donors (Lipinski definition) is 5. The molecule has 0 aromatic heterocycles. The minimum absolute atomic E-state index is 0.0497. The maximum absolute atomic E-state index is 13.5. The number of nitrogens with zero attached hydrogens (tertiary/aromatic N) is 1. The molecule has 0 saturated heterocycles. The highest BCUT2D eigenvalue weighted by Crippen LogP contribution is 2.32. The SMILES string of the molecule is O=C(O)CN(C(=O)c1cc(Br)cc(B(O)O)c1)C1CCCCC1C(=O)c1cc(Br)cc(B(O)O)c1. The molecule has 13 heteroatoms. The Morgan fingerprint density at radius 1 is 0.829 bits per heavy atom. The molecule has 2 aromatic carbocycles. The maximum atomic E-state index is 13.5. The molecule has 0 aliphatic heterocycles. The Kier molecular flexibility index (Phi) is 9.30. The van der Waals surface area contributed by atoms with Gasteiger partial charge in [-0.05, 0) is 54.1 Å². The number of benzene rings is 2. The number of ketones is 1. The van der Waals surface area contributed by atoms with Gasteiger partial charge in [0.15, 0.2) is 5.78 Å². The van der Waals surface area contributed by atoms with Gasteiger partial charge in [-0.15, -0.1) is 0 Å². The minimum Gasteiger partial charge on any atom is -0.480 e. The van der Waals surface area contributed by atoms with E-state index in [-0.39, 0.29) is 27.8 Å². The van der Waals surface area contributed by atoms with Crippen molar-refractivity contribution in [2.24, 2.45) is 5.92 Å². The second-order valence-corrected chi connectivity index (χ2v) is 10.3. The fourth-order valence-electron chi connectivity index (χ4n) is 4.44. The van der Waals surface area contributed by atoms with Crippen molar-refractivity contribution in [3.63, 3.8) is 0 Å². The van der Waals surface area contributed by atoms with Crippen LogP contribution in [0.2, 0.25) is 0 Å². The van der Waals surface area contributed by atoms with Gasteiger partial charge in [0.05, 0.1) is 0 Å². The van der Waals surface area contributed by atoms with Gasteiger partial charge < -0.3 is 30.1 Å². The molecule has 1 aliphatic rings. The summed E-state index contributed by atoms with van der Waals surface area (Å²) in [5.41, 5.74) is 0.445. The van der Waals surface area contributed by atoms with E-state index in [4.69, 9.17) is 0 Å². The van der Waals surface area contributed by atoms with Crippen molar-refractivity contribution in [3.8, 4) is 0 Å². The molecule has 0 heterocycles. The predicted octanol–water partition coefficient (Wildman–Crippen LogP) is 0.540. The zero-order valence-electron chi connectivity index (χ0n) is 18.5. The van der Waals surface area contributed by atoms with Crippen molar-refractivity contribution in [1.82, 2.24) is 4.90 Å². The molecule has 9 nitrogen and oxygen atoms in total. The van der Waals surface area contributed by atoms with Crippen molar-refractivity contribution >= 4 is 74.7 Å². The third-order valence-electron chi connectivity index (χ3n) is 6.00. The van der Waals surface area contributed by atoms with E-state index >= 15 is 0 Å². The lowest BCUT2D eigenvalue weighted by molar-refractivity contribution is -0.138. The summed E-state index contributed by atoms with van der Waals surface area (Å²) in [4.78, 5) is 39.9. The molecule has 1 fully saturated rings. The number of carboxylic acids is 1. The molecule has 3 rings (SSSR count). The van der Waals surface area contributed by atoms with E-state index in [1.54, 1.807) is 6.07 Å². The van der Waals surface area contributed by atoms with E-state index in [9.17, 15) is 39.6 Å². The first kappa shape index (κ1) is 27.6. The fourth-order valence-corrected chi connectivity index (χ4v) is 5.47. The number of hydrogen-bond acceptors (Lipinski definition) is 7. The van der Waals surface area contributed by atoms with Crippen LogP contribution in [0.15, 0.2) is 45.3 Å². The first-order chi connectivity index (χ1) is 16.5. The van der Waals surface area contributed by atoms with E-state index in [2.05, 4.69) is 31.9 Å². The molecule has 0 bridgehead atoms. The van der Waals surface area contributed by atoms with Crippen molar-refractivity contribution in [1.29, 1.82) is 0 Å². The molecule has 35 heavy (non-hydrogen) atoms. The Bertz CT molecular complexity index is 1130. The van der Waals surface area contributed by atoms with Crippen LogP contribution >= 0.6 is 31.9 Å². The van der Waals surface area contributed by atoms with Gasteiger partial charge in [0.1, 0.15) is 6.54 Å². The zero-order chi connectivity index (χ0) is 25.9. The van der Waals surface area contributed by atoms with Gasteiger partial charge in [-0.3, -0.25) is 14.4 Å². The second kappa shape index (κ2) is 11.8. The number of carboxylic acid groups (broad SMARTS) is 1. The van der Waals surface area contributed by atoms with Crippen LogP contribution in [0.25, 0.3) is 0 Å². The molecule has 184 valence electrons. The van der Waals surface area contributed by atoms with Crippen molar-refractivity contribution in [3.05, 3.63) is 56.5 Å². The Morgan fingerprint density at radius 3 is 1.89 bits per heavy atom. The van der Waals surface area contributed by atoms with Crippen molar-refractivity contribution in [2.75, 3.05) is 6.54 Å². The minimum atomic E-state index is -1.83. The monoisotopic (exact) mass is 609 g/mol. The summed E-state index contributed by atoms with van der Waals surface area (Å²) in [6, 6.07) is 7.82. The van der Waals surface area contributed by atoms with Crippen molar-refractivity contribution < 1.29 is 39.6 Å². The summed E-state index contributed by atoms with van der Waals surface area (Å²) >= 11 is 6.50. The van der Waals surface area contributed by atoms with E-state index in [1.165, 1.54) is 30.3 Å². The molecule has 2 atom stereocenters. The van der Waals surface area contributed by atoms with Gasteiger partial charge in [0.2, 0.25) is 0 Å². The Hall–Kier alpha value is -2.02. The molecule has 1 amide bonds. The summed E-state index contributed by atoms with van der Waals surface area (Å²) in [5, 5.41) is 47.7. The van der Waals surface area contributed by atoms with Crippen LogP contribution in [0.4, 0.5) is 0 Å². The van der Waals surface area contributed by atoms with E-state index in [1.807, 2.05) is 0 Å². The van der Waals surface area contributed by atoms with E-state index in [0.29, 0.717) is 34.6 Å². The van der Waals surface area contributed by atoms with Gasteiger partial charge in [-0.2, -0.15) is 0 Å². The van der Waals surface area contributed by atoms with Gasteiger partial charge >= 0.3 is 20.2 Å². The van der Waals surface area contributed by atoms with Gasteiger partial charge in [-0.25, -0.2) is 0 Å². The average molecular weight is 611 g/mol. The largest absolute Gasteiger partial charge is 0.488 e. The predicted molar refractivity (Wildman–Crippen MR) is 137 cm³/mol. The standard InChI is InChI=1S/C22H23B2Br2NO8/c25-16-7-12(5-14(9-16)23(32)33)21(30)18-3-1-2-4-19(18)27(11-20(28)29)22(31)13-6-15(24(34)35)10-17(26)8-13/h5-10,18-19,32-35H,1-4,11H2,(H,28,29). The second-order valence-electron chi connectivity index (χ2n) is 8.44. The number of aliphatic carboxylic acids is 1. The Labute approximate surface area is 219 Å². The van der Waals surface area contributed by atoms with Crippen LogP contribution in [-0.4, -0.2) is 74.6 Å².